The van der Waals surface area contributed by atoms with Crippen molar-refractivity contribution in [3.05, 3.63) is 35.2 Å². The number of rotatable bonds is 11. The molecular formula is C23H31O5S-. The van der Waals surface area contributed by atoms with Gasteiger partial charge in [0, 0.05) is 15.5 Å². The van der Waals surface area contributed by atoms with Crippen LogP contribution in [-0.2, 0) is 4.79 Å². The molecule has 1 fully saturated rings. The van der Waals surface area contributed by atoms with Crippen LogP contribution in [-0.4, -0.2) is 33.5 Å². The van der Waals surface area contributed by atoms with E-state index in [1.165, 1.54) is 0 Å². The van der Waals surface area contributed by atoms with E-state index in [1.54, 1.807) is 11.3 Å². The fourth-order valence-corrected chi connectivity index (χ4v) is 5.73. The number of carboxylic acid groups (broad SMARTS) is 1. The number of carbonyl (C=O) groups is 1. The lowest BCUT2D eigenvalue weighted by molar-refractivity contribution is -0.305. The fourth-order valence-electron chi connectivity index (χ4n) is 4.64. The zero-order chi connectivity index (χ0) is 20.8. The summed E-state index contributed by atoms with van der Waals surface area (Å²) in [7, 11) is 0. The Morgan fingerprint density at radius 2 is 1.76 bits per heavy atom. The lowest BCUT2D eigenvalue weighted by Gasteiger charge is -2.24. The molecule has 0 radical (unpaired) electrons. The minimum atomic E-state index is -1.00. The van der Waals surface area contributed by atoms with E-state index in [-0.39, 0.29) is 18.3 Å². The lowest BCUT2D eigenvalue weighted by Crippen LogP contribution is -2.23. The molecular weight excluding hydrogens is 388 g/mol. The van der Waals surface area contributed by atoms with Gasteiger partial charge in [-0.3, -0.25) is 0 Å². The lowest BCUT2D eigenvalue weighted by atomic mass is 9.84. The summed E-state index contributed by atoms with van der Waals surface area (Å²) in [6.07, 6.45) is 4.31. The summed E-state index contributed by atoms with van der Waals surface area (Å²) in [5.41, 5.74) is 0. The van der Waals surface area contributed by atoms with Gasteiger partial charge in [-0.1, -0.05) is 37.5 Å². The number of hydrogen-bond acceptors (Lipinski definition) is 6. The van der Waals surface area contributed by atoms with Gasteiger partial charge in [-0.25, -0.2) is 0 Å². The number of aliphatic hydroxyl groups is 3. The smallest absolute Gasteiger partial charge is 0.0882 e. The van der Waals surface area contributed by atoms with E-state index in [1.807, 2.05) is 24.3 Å². The number of unbranched alkanes of at least 4 members (excludes halogenated alkanes) is 3. The van der Waals surface area contributed by atoms with Crippen LogP contribution in [0.3, 0.4) is 0 Å². The number of benzene rings is 1. The SMILES string of the molecule is O=C([O-])CCCCCCC1[C@@H](CC[C@@H](O)c2cc3ccccc3s2)[C@H](O)C[C@@H]1O. The standard InChI is InChI=1S/C23H32O5S/c24-18(22-13-15-7-5-6-9-21(15)29-22)12-11-17-16(19(25)14-20(17)26)8-3-1-2-4-10-23(27)28/h5-7,9,13,16-20,24-26H,1-4,8,10-12,14H2,(H,27,28)/p-1/t16?,17-,18-,19+,20-/m1/s1. The summed E-state index contributed by atoms with van der Waals surface area (Å²) < 4.78 is 1.16. The first kappa shape index (κ1) is 22.2. The van der Waals surface area contributed by atoms with Gasteiger partial charge in [0.05, 0.1) is 18.3 Å². The first-order valence-corrected chi connectivity index (χ1v) is 11.5. The van der Waals surface area contributed by atoms with Gasteiger partial charge >= 0.3 is 0 Å². The molecule has 160 valence electrons. The fraction of sp³-hybridized carbons (Fsp3) is 0.609. The minimum Gasteiger partial charge on any atom is -0.550 e. The quantitative estimate of drug-likeness (QED) is 0.486. The average Bonchev–Trinajstić information content (AvgIpc) is 3.23. The zero-order valence-corrected chi connectivity index (χ0v) is 17.5. The number of hydrogen-bond donors (Lipinski definition) is 3. The van der Waals surface area contributed by atoms with Crippen molar-refractivity contribution in [2.45, 2.75) is 76.1 Å². The molecule has 1 saturated carbocycles. The van der Waals surface area contributed by atoms with E-state index in [0.717, 1.165) is 40.6 Å². The highest BCUT2D eigenvalue weighted by Crippen LogP contribution is 2.41. The monoisotopic (exact) mass is 419 g/mol. The molecule has 3 rings (SSSR count). The van der Waals surface area contributed by atoms with Gasteiger partial charge in [-0.05, 0) is 67.9 Å². The molecule has 1 unspecified atom stereocenters. The summed E-state index contributed by atoms with van der Waals surface area (Å²) in [4.78, 5) is 11.4. The number of fused-ring (bicyclic) bond motifs is 1. The number of carboxylic acids is 1. The Balaban J connectivity index is 1.48. The zero-order valence-electron chi connectivity index (χ0n) is 16.7. The first-order valence-electron chi connectivity index (χ1n) is 10.7. The van der Waals surface area contributed by atoms with Crippen molar-refractivity contribution in [1.82, 2.24) is 0 Å². The van der Waals surface area contributed by atoms with Crippen molar-refractivity contribution in [3.8, 4) is 0 Å². The highest BCUT2D eigenvalue weighted by molar-refractivity contribution is 7.19. The van der Waals surface area contributed by atoms with Gasteiger partial charge in [0.1, 0.15) is 0 Å². The van der Waals surface area contributed by atoms with E-state index in [0.29, 0.717) is 25.7 Å². The number of aliphatic carboxylic acids is 1. The molecule has 1 aromatic heterocycles. The summed E-state index contributed by atoms with van der Waals surface area (Å²) in [5.74, 6) is -0.963. The van der Waals surface area contributed by atoms with Gasteiger partial charge in [0.25, 0.3) is 0 Å². The molecule has 3 N–H and O–H groups in total. The third-order valence-electron chi connectivity index (χ3n) is 6.24. The molecule has 1 aromatic carbocycles. The molecule has 6 heteroatoms. The molecule has 1 heterocycles. The van der Waals surface area contributed by atoms with Crippen molar-refractivity contribution >= 4 is 27.4 Å². The largest absolute Gasteiger partial charge is 0.550 e. The highest BCUT2D eigenvalue weighted by atomic mass is 32.1. The van der Waals surface area contributed by atoms with Gasteiger partial charge in [-0.2, -0.15) is 0 Å². The maximum absolute atomic E-state index is 10.7. The summed E-state index contributed by atoms with van der Waals surface area (Å²) in [6, 6.07) is 10.1. The number of aliphatic hydroxyl groups excluding tert-OH is 3. The second kappa shape index (κ2) is 10.5. The van der Waals surface area contributed by atoms with Crippen LogP contribution in [0.1, 0.15) is 68.8 Å². The third-order valence-corrected chi connectivity index (χ3v) is 7.45. The van der Waals surface area contributed by atoms with Crippen LogP contribution in [0, 0.1) is 11.8 Å². The summed E-state index contributed by atoms with van der Waals surface area (Å²) in [6.45, 7) is 0. The number of carbonyl (C=O) groups excluding carboxylic acids is 1. The Kier molecular flexibility index (Phi) is 8.07. The molecule has 1 aliphatic carbocycles. The maximum atomic E-state index is 10.7. The van der Waals surface area contributed by atoms with Gasteiger partial charge in [0.15, 0.2) is 0 Å². The van der Waals surface area contributed by atoms with Crippen LogP contribution >= 0.6 is 11.3 Å². The molecule has 5 nitrogen and oxygen atoms in total. The summed E-state index contributed by atoms with van der Waals surface area (Å²) in [5, 5.41) is 43.0. The molecule has 1 aliphatic rings. The normalized spacial score (nSPS) is 25.5. The molecule has 29 heavy (non-hydrogen) atoms. The second-order valence-corrected chi connectivity index (χ2v) is 9.42. The van der Waals surface area contributed by atoms with Crippen molar-refractivity contribution < 1.29 is 25.2 Å². The van der Waals surface area contributed by atoms with E-state index in [9.17, 15) is 25.2 Å². The van der Waals surface area contributed by atoms with Crippen molar-refractivity contribution in [2.75, 3.05) is 0 Å². The van der Waals surface area contributed by atoms with Gasteiger partial charge in [0.2, 0.25) is 0 Å². The minimum absolute atomic E-state index is 0.00255. The van der Waals surface area contributed by atoms with Gasteiger partial charge < -0.3 is 25.2 Å². The molecule has 5 atom stereocenters. The van der Waals surface area contributed by atoms with Crippen LogP contribution in [0.2, 0.25) is 0 Å². The van der Waals surface area contributed by atoms with Crippen LogP contribution < -0.4 is 5.11 Å². The Morgan fingerprint density at radius 3 is 2.48 bits per heavy atom. The van der Waals surface area contributed by atoms with Crippen LogP contribution in [0.5, 0.6) is 0 Å². The molecule has 0 saturated heterocycles. The Morgan fingerprint density at radius 1 is 1.07 bits per heavy atom. The predicted octanol–water partition coefficient (Wildman–Crippen LogP) is 3.16. The number of thiophene rings is 1. The Bertz CT molecular complexity index is 755. The first-order chi connectivity index (χ1) is 14.0. The third kappa shape index (κ3) is 6.01. The van der Waals surface area contributed by atoms with Gasteiger partial charge in [-0.15, -0.1) is 11.3 Å². The molecule has 0 amide bonds. The van der Waals surface area contributed by atoms with Crippen LogP contribution in [0.4, 0.5) is 0 Å². The Labute approximate surface area is 176 Å². The second-order valence-electron chi connectivity index (χ2n) is 8.30. The van der Waals surface area contributed by atoms with Crippen LogP contribution in [0.15, 0.2) is 30.3 Å². The molecule has 0 spiro atoms. The highest BCUT2D eigenvalue weighted by Gasteiger charge is 2.40. The predicted molar refractivity (Wildman–Crippen MR) is 112 cm³/mol. The Hall–Kier alpha value is -1.47. The van der Waals surface area contributed by atoms with E-state index in [2.05, 4.69) is 6.07 Å². The maximum Gasteiger partial charge on any atom is 0.0882 e. The van der Waals surface area contributed by atoms with E-state index >= 15 is 0 Å². The summed E-state index contributed by atoms with van der Waals surface area (Å²) >= 11 is 1.61. The molecule has 2 aromatic rings. The van der Waals surface area contributed by atoms with Crippen LogP contribution in [0.25, 0.3) is 10.1 Å². The molecule has 0 bridgehead atoms. The van der Waals surface area contributed by atoms with Crippen molar-refractivity contribution in [3.63, 3.8) is 0 Å². The van der Waals surface area contributed by atoms with E-state index in [4.69, 9.17) is 0 Å². The topological polar surface area (TPSA) is 101 Å². The molecule has 0 aliphatic heterocycles. The van der Waals surface area contributed by atoms with E-state index < -0.39 is 24.3 Å². The van der Waals surface area contributed by atoms with Crippen molar-refractivity contribution in [1.29, 1.82) is 0 Å². The van der Waals surface area contributed by atoms with Crippen molar-refractivity contribution in [2.24, 2.45) is 11.8 Å². The average molecular weight is 420 g/mol.